The summed E-state index contributed by atoms with van der Waals surface area (Å²) in [7, 11) is -1.61. The molecule has 0 spiro atoms. The standard InChI is InChI=1S/C15H19NOSSi/c1-12(13-9-10-18-11-13)16-14-7-5-6-8-15(14)17-19(2,3)4/h5-11H,1-4H3. The lowest BCUT2D eigenvalue weighted by atomic mass is 10.2. The van der Waals surface area contributed by atoms with E-state index in [1.54, 1.807) is 11.3 Å². The average molecular weight is 289 g/mol. The fourth-order valence-electron chi connectivity index (χ4n) is 1.68. The second kappa shape index (κ2) is 5.71. The van der Waals surface area contributed by atoms with Gasteiger partial charge >= 0.3 is 0 Å². The van der Waals surface area contributed by atoms with Gasteiger partial charge < -0.3 is 4.43 Å². The van der Waals surface area contributed by atoms with Crippen molar-refractivity contribution in [3.05, 3.63) is 46.7 Å². The summed E-state index contributed by atoms with van der Waals surface area (Å²) in [6, 6.07) is 10.1. The maximum absolute atomic E-state index is 6.09. The highest BCUT2D eigenvalue weighted by Crippen LogP contribution is 2.30. The van der Waals surface area contributed by atoms with E-state index in [4.69, 9.17) is 9.42 Å². The van der Waals surface area contributed by atoms with Crippen molar-refractivity contribution in [2.45, 2.75) is 26.6 Å². The first-order chi connectivity index (χ1) is 8.96. The zero-order valence-corrected chi connectivity index (χ0v) is 13.6. The smallest absolute Gasteiger partial charge is 0.242 e. The molecule has 1 heterocycles. The molecular formula is C15H19NOSSi. The fraction of sp³-hybridized carbons (Fsp3) is 0.267. The Morgan fingerprint density at radius 1 is 1.16 bits per heavy atom. The Labute approximate surface area is 119 Å². The van der Waals surface area contributed by atoms with E-state index in [9.17, 15) is 0 Å². The molecule has 0 unspecified atom stereocenters. The lowest BCUT2D eigenvalue weighted by molar-refractivity contribution is 0.559. The van der Waals surface area contributed by atoms with Gasteiger partial charge in [0.05, 0.1) is 0 Å². The van der Waals surface area contributed by atoms with Crippen molar-refractivity contribution in [3.8, 4) is 5.75 Å². The van der Waals surface area contributed by atoms with Crippen molar-refractivity contribution >= 4 is 31.1 Å². The molecule has 0 amide bonds. The average Bonchev–Trinajstić information content (AvgIpc) is 2.83. The van der Waals surface area contributed by atoms with E-state index in [0.29, 0.717) is 0 Å². The van der Waals surface area contributed by atoms with Crippen LogP contribution >= 0.6 is 11.3 Å². The summed E-state index contributed by atoms with van der Waals surface area (Å²) in [6.45, 7) is 8.57. The van der Waals surface area contributed by atoms with E-state index < -0.39 is 8.32 Å². The zero-order chi connectivity index (χ0) is 13.9. The maximum atomic E-state index is 6.09. The number of rotatable bonds is 4. The molecule has 0 saturated heterocycles. The highest BCUT2D eigenvalue weighted by atomic mass is 32.1. The molecule has 19 heavy (non-hydrogen) atoms. The Hall–Kier alpha value is -1.39. The van der Waals surface area contributed by atoms with Crippen molar-refractivity contribution in [2.75, 3.05) is 0 Å². The maximum Gasteiger partial charge on any atom is 0.242 e. The molecule has 0 radical (unpaired) electrons. The number of thiophene rings is 1. The van der Waals surface area contributed by atoms with Crippen LogP contribution < -0.4 is 4.43 Å². The van der Waals surface area contributed by atoms with Crippen LogP contribution in [0, 0.1) is 0 Å². The fourth-order valence-corrected chi connectivity index (χ4v) is 3.21. The van der Waals surface area contributed by atoms with Crippen LogP contribution in [0.15, 0.2) is 46.1 Å². The Kier molecular flexibility index (Phi) is 4.22. The Balaban J connectivity index is 2.33. The summed E-state index contributed by atoms with van der Waals surface area (Å²) < 4.78 is 6.09. The number of hydrogen-bond acceptors (Lipinski definition) is 3. The summed E-state index contributed by atoms with van der Waals surface area (Å²) in [5.74, 6) is 0.885. The van der Waals surface area contributed by atoms with Crippen LogP contribution in [0.3, 0.4) is 0 Å². The third kappa shape index (κ3) is 4.04. The van der Waals surface area contributed by atoms with Crippen LogP contribution in [0.25, 0.3) is 0 Å². The number of hydrogen-bond donors (Lipinski definition) is 0. The van der Waals surface area contributed by atoms with Crippen LogP contribution in [0.2, 0.25) is 19.6 Å². The SMILES string of the molecule is CC(=Nc1ccccc1O[Si](C)(C)C)c1ccsc1. The van der Waals surface area contributed by atoms with Gasteiger partial charge in [0.15, 0.2) is 0 Å². The summed E-state index contributed by atoms with van der Waals surface area (Å²) >= 11 is 1.69. The minimum Gasteiger partial charge on any atom is -0.543 e. The monoisotopic (exact) mass is 289 g/mol. The topological polar surface area (TPSA) is 21.6 Å². The van der Waals surface area contributed by atoms with Crippen LogP contribution in [0.5, 0.6) is 5.75 Å². The molecule has 2 nitrogen and oxygen atoms in total. The van der Waals surface area contributed by atoms with E-state index in [2.05, 4.69) is 36.5 Å². The van der Waals surface area contributed by atoms with Crippen LogP contribution in [-0.4, -0.2) is 14.0 Å². The first kappa shape index (κ1) is 14.0. The highest BCUT2D eigenvalue weighted by molar-refractivity contribution is 7.08. The van der Waals surface area contributed by atoms with E-state index in [0.717, 1.165) is 17.1 Å². The van der Waals surface area contributed by atoms with Gasteiger partial charge in [-0.05, 0) is 55.5 Å². The summed E-state index contributed by atoms with van der Waals surface area (Å²) in [5, 5.41) is 4.18. The molecule has 100 valence electrons. The zero-order valence-electron chi connectivity index (χ0n) is 11.8. The van der Waals surface area contributed by atoms with Crippen molar-refractivity contribution in [3.63, 3.8) is 0 Å². The molecule has 2 rings (SSSR count). The molecule has 0 bridgehead atoms. The minimum absolute atomic E-state index is 0.885. The van der Waals surface area contributed by atoms with Gasteiger partial charge in [0.25, 0.3) is 0 Å². The van der Waals surface area contributed by atoms with Gasteiger partial charge in [-0.15, -0.1) is 0 Å². The van der Waals surface area contributed by atoms with Gasteiger partial charge in [-0.25, -0.2) is 4.99 Å². The number of aliphatic imine (C=N–C) groups is 1. The molecule has 0 aliphatic rings. The normalized spacial score (nSPS) is 12.5. The van der Waals surface area contributed by atoms with Crippen molar-refractivity contribution < 1.29 is 4.43 Å². The Bertz CT molecular complexity index is 570. The van der Waals surface area contributed by atoms with Gasteiger partial charge in [0.1, 0.15) is 11.4 Å². The number of para-hydroxylation sites is 2. The second-order valence-corrected chi connectivity index (χ2v) is 10.6. The third-order valence-corrected chi connectivity index (χ3v) is 4.02. The van der Waals surface area contributed by atoms with Crippen molar-refractivity contribution in [1.82, 2.24) is 0 Å². The quantitative estimate of drug-likeness (QED) is 0.566. The predicted octanol–water partition coefficient (Wildman–Crippen LogP) is 5.10. The van der Waals surface area contributed by atoms with E-state index >= 15 is 0 Å². The van der Waals surface area contributed by atoms with Crippen LogP contribution in [-0.2, 0) is 0 Å². The number of nitrogens with zero attached hydrogens (tertiary/aromatic N) is 1. The van der Waals surface area contributed by atoms with Gasteiger partial charge in [0, 0.05) is 11.3 Å². The minimum atomic E-state index is -1.61. The molecule has 1 aromatic carbocycles. The summed E-state index contributed by atoms with van der Waals surface area (Å²) in [6.07, 6.45) is 0. The summed E-state index contributed by atoms with van der Waals surface area (Å²) in [4.78, 5) is 4.71. The van der Waals surface area contributed by atoms with Crippen molar-refractivity contribution in [1.29, 1.82) is 0 Å². The molecular weight excluding hydrogens is 270 g/mol. The van der Waals surface area contributed by atoms with Gasteiger partial charge in [-0.3, -0.25) is 0 Å². The van der Waals surface area contributed by atoms with Crippen LogP contribution in [0.4, 0.5) is 5.69 Å². The molecule has 0 atom stereocenters. The van der Waals surface area contributed by atoms with Gasteiger partial charge in [-0.2, -0.15) is 11.3 Å². The van der Waals surface area contributed by atoms with Gasteiger partial charge in [0.2, 0.25) is 8.32 Å². The Morgan fingerprint density at radius 3 is 2.53 bits per heavy atom. The molecule has 0 N–H and O–H groups in total. The largest absolute Gasteiger partial charge is 0.543 e. The highest BCUT2D eigenvalue weighted by Gasteiger charge is 2.17. The molecule has 1 aromatic heterocycles. The Morgan fingerprint density at radius 2 is 1.89 bits per heavy atom. The molecule has 0 saturated carbocycles. The van der Waals surface area contributed by atoms with Crippen molar-refractivity contribution in [2.24, 2.45) is 4.99 Å². The lowest BCUT2D eigenvalue weighted by Gasteiger charge is -2.20. The molecule has 0 aliphatic heterocycles. The van der Waals surface area contributed by atoms with E-state index in [1.165, 1.54) is 5.56 Å². The molecule has 0 aliphatic carbocycles. The summed E-state index contributed by atoms with van der Waals surface area (Å²) in [5.41, 5.74) is 3.11. The molecule has 2 aromatic rings. The second-order valence-electron chi connectivity index (χ2n) is 5.39. The van der Waals surface area contributed by atoms with Crippen LogP contribution in [0.1, 0.15) is 12.5 Å². The predicted molar refractivity (Wildman–Crippen MR) is 86.6 cm³/mol. The van der Waals surface area contributed by atoms with E-state index in [-0.39, 0.29) is 0 Å². The molecule has 0 fully saturated rings. The molecule has 4 heteroatoms. The van der Waals surface area contributed by atoms with E-state index in [1.807, 2.05) is 31.2 Å². The first-order valence-electron chi connectivity index (χ1n) is 6.31. The lowest BCUT2D eigenvalue weighted by Crippen LogP contribution is -2.29. The third-order valence-electron chi connectivity index (χ3n) is 2.51. The first-order valence-corrected chi connectivity index (χ1v) is 10.7. The number of benzene rings is 1. The van der Waals surface area contributed by atoms with Gasteiger partial charge in [-0.1, -0.05) is 12.1 Å².